The molecular formula is C16H22N2O2S. The molecule has 1 aromatic rings. The van der Waals surface area contributed by atoms with Crippen LogP contribution in [-0.2, 0) is 0 Å². The third-order valence-corrected chi connectivity index (χ3v) is 4.92. The van der Waals surface area contributed by atoms with Crippen molar-refractivity contribution in [2.45, 2.75) is 31.7 Å². The zero-order valence-electron chi connectivity index (χ0n) is 12.5. The zero-order chi connectivity index (χ0) is 14.8. The number of ether oxygens (including phenoxy) is 2. The lowest BCUT2D eigenvalue weighted by molar-refractivity contribution is 0.355. The molecule has 0 aliphatic heterocycles. The van der Waals surface area contributed by atoms with Crippen LogP contribution in [0.1, 0.15) is 25.7 Å². The molecular weight excluding hydrogens is 284 g/mol. The van der Waals surface area contributed by atoms with Crippen molar-refractivity contribution in [3.8, 4) is 11.5 Å². The lowest BCUT2D eigenvalue weighted by Crippen LogP contribution is -2.40. The van der Waals surface area contributed by atoms with Crippen LogP contribution in [0.15, 0.2) is 18.2 Å². The van der Waals surface area contributed by atoms with E-state index in [9.17, 15) is 0 Å². The molecule has 0 spiro atoms. The second-order valence-corrected chi connectivity index (χ2v) is 6.36. The number of hydrogen-bond donors (Lipinski definition) is 2. The van der Waals surface area contributed by atoms with Gasteiger partial charge in [-0.1, -0.05) is 6.42 Å². The quantitative estimate of drug-likeness (QED) is 0.836. The van der Waals surface area contributed by atoms with E-state index in [4.69, 9.17) is 21.7 Å². The predicted molar refractivity (Wildman–Crippen MR) is 88.1 cm³/mol. The summed E-state index contributed by atoms with van der Waals surface area (Å²) in [5.74, 6) is 3.14. The first-order valence-electron chi connectivity index (χ1n) is 7.49. The van der Waals surface area contributed by atoms with Crippen molar-refractivity contribution >= 4 is 23.0 Å². The Kier molecular flexibility index (Phi) is 4.19. The Morgan fingerprint density at radius 3 is 2.57 bits per heavy atom. The minimum absolute atomic E-state index is 0.545. The van der Waals surface area contributed by atoms with Crippen LogP contribution in [0.2, 0.25) is 0 Å². The average molecular weight is 306 g/mol. The molecule has 3 rings (SSSR count). The molecule has 5 heteroatoms. The number of anilines is 1. The number of methoxy groups -OCH3 is 2. The first-order valence-corrected chi connectivity index (χ1v) is 7.90. The van der Waals surface area contributed by atoms with Crippen molar-refractivity contribution in [2.75, 3.05) is 19.5 Å². The summed E-state index contributed by atoms with van der Waals surface area (Å²) in [5.41, 5.74) is 0.910. The van der Waals surface area contributed by atoms with Gasteiger partial charge in [-0.3, -0.25) is 0 Å². The van der Waals surface area contributed by atoms with Crippen molar-refractivity contribution in [2.24, 2.45) is 11.8 Å². The number of rotatable bonds is 4. The highest BCUT2D eigenvalue weighted by atomic mass is 32.1. The fourth-order valence-corrected chi connectivity index (χ4v) is 3.94. The van der Waals surface area contributed by atoms with Gasteiger partial charge in [0.1, 0.15) is 0 Å². The molecule has 1 aromatic carbocycles. The summed E-state index contributed by atoms with van der Waals surface area (Å²) >= 11 is 5.43. The molecule has 0 amide bonds. The standard InChI is InChI=1S/C16H22N2O2S/c1-19-14-6-5-12(9-15(14)20-2)17-16(21)18-13-8-10-3-4-11(13)7-10/h5-6,9-11,13H,3-4,7-8H2,1-2H3,(H2,17,18,21)/t10-,11-,13-/m0/s1. The average Bonchev–Trinajstić information content (AvgIpc) is 3.09. The van der Waals surface area contributed by atoms with E-state index in [1.165, 1.54) is 25.7 Å². The van der Waals surface area contributed by atoms with E-state index in [0.29, 0.717) is 16.9 Å². The van der Waals surface area contributed by atoms with Gasteiger partial charge >= 0.3 is 0 Å². The Labute approximate surface area is 131 Å². The van der Waals surface area contributed by atoms with E-state index in [2.05, 4.69) is 10.6 Å². The number of nitrogens with one attached hydrogen (secondary N) is 2. The molecule has 2 saturated carbocycles. The van der Waals surface area contributed by atoms with Crippen molar-refractivity contribution in [3.05, 3.63) is 18.2 Å². The van der Waals surface area contributed by atoms with Gasteiger partial charge in [0.2, 0.25) is 0 Å². The third kappa shape index (κ3) is 3.07. The van der Waals surface area contributed by atoms with Gasteiger partial charge in [0, 0.05) is 17.8 Å². The van der Waals surface area contributed by atoms with Crippen LogP contribution in [0, 0.1) is 11.8 Å². The molecule has 0 heterocycles. The summed E-state index contributed by atoms with van der Waals surface area (Å²) in [6.07, 6.45) is 5.38. The predicted octanol–water partition coefficient (Wildman–Crippen LogP) is 3.18. The number of thiocarbonyl (C=S) groups is 1. The van der Waals surface area contributed by atoms with Crippen LogP contribution in [0.5, 0.6) is 11.5 Å². The van der Waals surface area contributed by atoms with Gasteiger partial charge in [0.15, 0.2) is 16.6 Å². The van der Waals surface area contributed by atoms with Gasteiger partial charge in [-0.2, -0.15) is 0 Å². The Hall–Kier alpha value is -1.49. The molecule has 2 aliphatic rings. The van der Waals surface area contributed by atoms with Crippen molar-refractivity contribution in [1.82, 2.24) is 5.32 Å². The lowest BCUT2D eigenvalue weighted by atomic mass is 9.96. The highest BCUT2D eigenvalue weighted by Crippen LogP contribution is 2.44. The highest BCUT2D eigenvalue weighted by molar-refractivity contribution is 7.80. The van der Waals surface area contributed by atoms with Gasteiger partial charge in [-0.15, -0.1) is 0 Å². The van der Waals surface area contributed by atoms with Crippen molar-refractivity contribution in [3.63, 3.8) is 0 Å². The summed E-state index contributed by atoms with van der Waals surface area (Å²) < 4.78 is 10.5. The number of fused-ring (bicyclic) bond motifs is 2. The fourth-order valence-electron chi connectivity index (χ4n) is 3.67. The fraction of sp³-hybridized carbons (Fsp3) is 0.562. The lowest BCUT2D eigenvalue weighted by Gasteiger charge is -2.24. The largest absolute Gasteiger partial charge is 0.493 e. The van der Waals surface area contributed by atoms with E-state index in [1.54, 1.807) is 14.2 Å². The van der Waals surface area contributed by atoms with E-state index in [0.717, 1.165) is 23.3 Å². The summed E-state index contributed by atoms with van der Waals surface area (Å²) in [5, 5.41) is 7.41. The SMILES string of the molecule is COc1ccc(NC(=S)N[C@H]2C[C@H]3CC[C@H]2C3)cc1OC. The first-order chi connectivity index (χ1) is 10.2. The molecule has 21 heavy (non-hydrogen) atoms. The Morgan fingerprint density at radius 2 is 1.95 bits per heavy atom. The van der Waals surface area contributed by atoms with Gasteiger partial charge in [-0.05, 0) is 55.4 Å². The van der Waals surface area contributed by atoms with Crippen LogP contribution in [0.4, 0.5) is 5.69 Å². The smallest absolute Gasteiger partial charge is 0.171 e. The summed E-state index contributed by atoms with van der Waals surface area (Å²) in [6, 6.07) is 6.26. The maximum atomic E-state index is 5.43. The van der Waals surface area contributed by atoms with E-state index in [1.807, 2.05) is 18.2 Å². The summed E-state index contributed by atoms with van der Waals surface area (Å²) in [7, 11) is 3.26. The Bertz CT molecular complexity index is 535. The van der Waals surface area contributed by atoms with E-state index < -0.39 is 0 Å². The van der Waals surface area contributed by atoms with Crippen molar-refractivity contribution in [1.29, 1.82) is 0 Å². The first kappa shape index (κ1) is 14.4. The Balaban J connectivity index is 1.59. The molecule has 2 bridgehead atoms. The molecule has 2 aliphatic carbocycles. The van der Waals surface area contributed by atoms with Crippen LogP contribution >= 0.6 is 12.2 Å². The molecule has 2 N–H and O–H groups in total. The number of benzene rings is 1. The van der Waals surface area contributed by atoms with Crippen LogP contribution < -0.4 is 20.1 Å². The van der Waals surface area contributed by atoms with Crippen LogP contribution in [0.25, 0.3) is 0 Å². The van der Waals surface area contributed by atoms with Gasteiger partial charge < -0.3 is 20.1 Å². The minimum atomic E-state index is 0.545. The number of hydrogen-bond acceptors (Lipinski definition) is 3. The topological polar surface area (TPSA) is 42.5 Å². The molecule has 0 radical (unpaired) electrons. The third-order valence-electron chi connectivity index (χ3n) is 4.70. The maximum Gasteiger partial charge on any atom is 0.171 e. The summed E-state index contributed by atoms with van der Waals surface area (Å²) in [4.78, 5) is 0. The van der Waals surface area contributed by atoms with Crippen LogP contribution in [-0.4, -0.2) is 25.4 Å². The second kappa shape index (κ2) is 6.10. The highest BCUT2D eigenvalue weighted by Gasteiger charge is 2.39. The second-order valence-electron chi connectivity index (χ2n) is 5.95. The zero-order valence-corrected chi connectivity index (χ0v) is 13.3. The Morgan fingerprint density at radius 1 is 1.14 bits per heavy atom. The van der Waals surface area contributed by atoms with E-state index in [-0.39, 0.29) is 0 Å². The molecule has 4 nitrogen and oxygen atoms in total. The van der Waals surface area contributed by atoms with Crippen LogP contribution in [0.3, 0.4) is 0 Å². The monoisotopic (exact) mass is 306 g/mol. The molecule has 3 atom stereocenters. The van der Waals surface area contributed by atoms with Gasteiger partial charge in [-0.25, -0.2) is 0 Å². The van der Waals surface area contributed by atoms with Gasteiger partial charge in [0.05, 0.1) is 14.2 Å². The van der Waals surface area contributed by atoms with Gasteiger partial charge in [0.25, 0.3) is 0 Å². The molecule has 0 saturated heterocycles. The maximum absolute atomic E-state index is 5.43. The molecule has 0 aromatic heterocycles. The van der Waals surface area contributed by atoms with Crippen molar-refractivity contribution < 1.29 is 9.47 Å². The minimum Gasteiger partial charge on any atom is -0.493 e. The summed E-state index contributed by atoms with van der Waals surface area (Å²) in [6.45, 7) is 0. The normalized spacial score (nSPS) is 26.5. The molecule has 114 valence electrons. The van der Waals surface area contributed by atoms with E-state index >= 15 is 0 Å². The molecule has 2 fully saturated rings. The molecule has 0 unspecified atom stereocenters.